The summed E-state index contributed by atoms with van der Waals surface area (Å²) in [7, 11) is 0. The number of carbonyl (C=O) groups is 1. The number of aromatic nitrogens is 2. The van der Waals surface area contributed by atoms with Gasteiger partial charge in [-0.3, -0.25) is 0 Å². The topological polar surface area (TPSA) is 64.5 Å². The van der Waals surface area contributed by atoms with E-state index in [1.165, 1.54) is 0 Å². The monoisotopic (exact) mass is 293 g/mol. The summed E-state index contributed by atoms with van der Waals surface area (Å²) in [5.74, 6) is 0.287. The Balaban J connectivity index is 1.82. The maximum Gasteiger partial charge on any atom is 0.410 e. The summed E-state index contributed by atoms with van der Waals surface area (Å²) in [6.07, 6.45) is 5.05. The lowest BCUT2D eigenvalue weighted by Gasteiger charge is -2.33. The van der Waals surface area contributed by atoms with E-state index in [1.807, 2.05) is 20.8 Å². The molecule has 2 heterocycles. The third-order valence-electron chi connectivity index (χ3n) is 3.16. The Morgan fingerprint density at radius 2 is 2.10 bits per heavy atom. The smallest absolute Gasteiger partial charge is 0.410 e. The van der Waals surface area contributed by atoms with Crippen molar-refractivity contribution in [3.05, 3.63) is 18.5 Å². The quantitative estimate of drug-likeness (QED) is 0.856. The minimum absolute atomic E-state index is 0.247. The second-order valence-electron chi connectivity index (χ2n) is 6.28. The third kappa shape index (κ3) is 5.21. The maximum atomic E-state index is 12.1. The van der Waals surface area contributed by atoms with Crippen LogP contribution in [0, 0.1) is 5.92 Å². The van der Waals surface area contributed by atoms with Crippen LogP contribution in [0.1, 0.15) is 33.6 Å². The molecule has 0 spiro atoms. The molecule has 1 aliphatic heterocycles. The molecule has 0 radical (unpaired) electrons. The molecule has 1 fully saturated rings. The number of ether oxygens (including phenoxy) is 2. The molecule has 1 aromatic rings. The molecule has 2 rings (SSSR count). The molecule has 1 aliphatic rings. The van der Waals surface area contributed by atoms with Crippen LogP contribution in [0.2, 0.25) is 0 Å². The molecule has 1 atom stereocenters. The van der Waals surface area contributed by atoms with E-state index in [0.29, 0.717) is 19.2 Å². The molecule has 1 saturated heterocycles. The molecule has 116 valence electrons. The highest BCUT2D eigenvalue weighted by molar-refractivity contribution is 5.68. The first-order valence-corrected chi connectivity index (χ1v) is 7.32. The van der Waals surface area contributed by atoms with Crippen molar-refractivity contribution < 1.29 is 14.3 Å². The van der Waals surface area contributed by atoms with Crippen molar-refractivity contribution in [3.8, 4) is 6.01 Å². The average Bonchev–Trinajstić information content (AvgIpc) is 2.45. The second-order valence-corrected chi connectivity index (χ2v) is 6.28. The van der Waals surface area contributed by atoms with Crippen LogP contribution in [0.4, 0.5) is 4.79 Å². The lowest BCUT2D eigenvalue weighted by molar-refractivity contribution is 0.0137. The van der Waals surface area contributed by atoms with Crippen LogP contribution in [0.5, 0.6) is 6.01 Å². The SMILES string of the molecule is CC(C)(C)OC(=O)N1CCCC(COc2ncccn2)C1. The van der Waals surface area contributed by atoms with Crippen molar-refractivity contribution in [3.63, 3.8) is 0 Å². The number of hydrogen-bond donors (Lipinski definition) is 0. The van der Waals surface area contributed by atoms with Crippen LogP contribution in [-0.4, -0.2) is 46.3 Å². The van der Waals surface area contributed by atoms with E-state index < -0.39 is 5.60 Å². The number of carbonyl (C=O) groups excluding carboxylic acids is 1. The van der Waals surface area contributed by atoms with E-state index in [2.05, 4.69) is 9.97 Å². The highest BCUT2D eigenvalue weighted by Crippen LogP contribution is 2.19. The molecule has 0 bridgehead atoms. The minimum atomic E-state index is -0.460. The highest BCUT2D eigenvalue weighted by atomic mass is 16.6. The number of likely N-dealkylation sites (tertiary alicyclic amines) is 1. The Labute approximate surface area is 125 Å². The number of nitrogens with zero attached hydrogens (tertiary/aromatic N) is 3. The summed E-state index contributed by atoms with van der Waals surface area (Å²) in [6, 6.07) is 2.13. The zero-order valence-electron chi connectivity index (χ0n) is 12.9. The van der Waals surface area contributed by atoms with E-state index in [9.17, 15) is 4.79 Å². The Morgan fingerprint density at radius 1 is 1.38 bits per heavy atom. The molecule has 1 amide bonds. The van der Waals surface area contributed by atoms with Gasteiger partial charge in [0.15, 0.2) is 0 Å². The van der Waals surface area contributed by atoms with Crippen molar-refractivity contribution in [1.29, 1.82) is 0 Å². The average molecular weight is 293 g/mol. The summed E-state index contributed by atoms with van der Waals surface area (Å²) >= 11 is 0. The van der Waals surface area contributed by atoms with E-state index in [4.69, 9.17) is 9.47 Å². The Kier molecular flexibility index (Phi) is 4.98. The van der Waals surface area contributed by atoms with Crippen LogP contribution in [0.3, 0.4) is 0 Å². The first-order valence-electron chi connectivity index (χ1n) is 7.32. The van der Waals surface area contributed by atoms with Crippen LogP contribution >= 0.6 is 0 Å². The molecular formula is C15H23N3O3. The van der Waals surface area contributed by atoms with Crippen molar-refractivity contribution in [2.24, 2.45) is 5.92 Å². The Morgan fingerprint density at radius 3 is 2.76 bits per heavy atom. The van der Waals surface area contributed by atoms with Gasteiger partial charge in [-0.25, -0.2) is 14.8 Å². The lowest BCUT2D eigenvalue weighted by Crippen LogP contribution is -2.44. The first-order chi connectivity index (χ1) is 9.94. The Hall–Kier alpha value is -1.85. The summed E-state index contributed by atoms with van der Waals surface area (Å²) in [5, 5.41) is 0. The zero-order valence-corrected chi connectivity index (χ0v) is 12.9. The fraction of sp³-hybridized carbons (Fsp3) is 0.667. The van der Waals surface area contributed by atoms with Crippen molar-refractivity contribution in [1.82, 2.24) is 14.9 Å². The maximum absolute atomic E-state index is 12.1. The summed E-state index contributed by atoms with van der Waals surface area (Å²) in [4.78, 5) is 21.9. The number of hydrogen-bond acceptors (Lipinski definition) is 5. The van der Waals surface area contributed by atoms with Gasteiger partial charge in [0.25, 0.3) is 0 Å². The van der Waals surface area contributed by atoms with Gasteiger partial charge in [0, 0.05) is 31.4 Å². The molecule has 21 heavy (non-hydrogen) atoms. The van der Waals surface area contributed by atoms with E-state index in [-0.39, 0.29) is 12.0 Å². The predicted octanol–water partition coefficient (Wildman–Crippen LogP) is 2.50. The molecule has 1 aromatic heterocycles. The zero-order chi connectivity index (χ0) is 15.3. The van der Waals surface area contributed by atoms with Crippen molar-refractivity contribution >= 4 is 6.09 Å². The van der Waals surface area contributed by atoms with E-state index in [1.54, 1.807) is 23.4 Å². The van der Waals surface area contributed by atoms with Gasteiger partial charge in [-0.15, -0.1) is 0 Å². The van der Waals surface area contributed by atoms with Gasteiger partial charge >= 0.3 is 12.1 Å². The molecule has 1 unspecified atom stereocenters. The molecule has 0 aromatic carbocycles. The number of rotatable bonds is 3. The number of piperidine rings is 1. The van der Waals surface area contributed by atoms with Gasteiger partial charge in [-0.2, -0.15) is 0 Å². The standard InChI is InChI=1S/C15H23N3O3/c1-15(2,3)21-14(19)18-9-4-6-12(10-18)11-20-13-16-7-5-8-17-13/h5,7-8,12H,4,6,9-11H2,1-3H3. The molecular weight excluding hydrogens is 270 g/mol. The van der Waals surface area contributed by atoms with Gasteiger partial charge < -0.3 is 14.4 Å². The molecule has 6 nitrogen and oxygen atoms in total. The molecule has 6 heteroatoms. The lowest BCUT2D eigenvalue weighted by atomic mass is 9.99. The Bertz CT molecular complexity index is 459. The van der Waals surface area contributed by atoms with Crippen LogP contribution in [0.15, 0.2) is 18.5 Å². The van der Waals surface area contributed by atoms with E-state index >= 15 is 0 Å². The minimum Gasteiger partial charge on any atom is -0.463 e. The highest BCUT2D eigenvalue weighted by Gasteiger charge is 2.27. The van der Waals surface area contributed by atoms with Crippen LogP contribution < -0.4 is 4.74 Å². The van der Waals surface area contributed by atoms with Crippen LogP contribution in [-0.2, 0) is 4.74 Å². The van der Waals surface area contributed by atoms with Gasteiger partial charge in [-0.1, -0.05) is 0 Å². The molecule has 0 N–H and O–H groups in total. The van der Waals surface area contributed by atoms with Gasteiger partial charge in [0.1, 0.15) is 5.60 Å². The van der Waals surface area contributed by atoms with Gasteiger partial charge in [0.05, 0.1) is 6.61 Å². The summed E-state index contributed by atoms with van der Waals surface area (Å²) < 4.78 is 11.0. The van der Waals surface area contributed by atoms with Crippen LogP contribution in [0.25, 0.3) is 0 Å². The van der Waals surface area contributed by atoms with Crippen molar-refractivity contribution in [2.45, 2.75) is 39.2 Å². The van der Waals surface area contributed by atoms with Gasteiger partial charge in [-0.05, 0) is 39.7 Å². The van der Waals surface area contributed by atoms with Gasteiger partial charge in [0.2, 0.25) is 0 Å². The van der Waals surface area contributed by atoms with E-state index in [0.717, 1.165) is 19.4 Å². The fourth-order valence-electron chi connectivity index (χ4n) is 2.25. The fourth-order valence-corrected chi connectivity index (χ4v) is 2.25. The summed E-state index contributed by atoms with van der Waals surface area (Å²) in [5.41, 5.74) is -0.460. The molecule has 0 aliphatic carbocycles. The molecule has 0 saturated carbocycles. The number of amides is 1. The largest absolute Gasteiger partial charge is 0.463 e. The van der Waals surface area contributed by atoms with Crippen molar-refractivity contribution in [2.75, 3.05) is 19.7 Å². The first kappa shape index (κ1) is 15.5. The second kappa shape index (κ2) is 6.74. The third-order valence-corrected chi connectivity index (χ3v) is 3.16. The summed E-state index contributed by atoms with van der Waals surface area (Å²) in [6.45, 7) is 7.55. The predicted molar refractivity (Wildman–Crippen MR) is 78.1 cm³/mol. The normalized spacial score (nSPS) is 19.2.